The second kappa shape index (κ2) is 8.78. The Morgan fingerprint density at radius 1 is 0.794 bits per heavy atom. The molecule has 0 aliphatic carbocycles. The summed E-state index contributed by atoms with van der Waals surface area (Å²) in [4.78, 5) is 0.444. The molecule has 1 N–H and O–H groups in total. The van der Waals surface area contributed by atoms with Gasteiger partial charge in [0.05, 0.1) is 12.0 Å². The third kappa shape index (κ3) is 4.30. The monoisotopic (exact) mass is 538 g/mol. The van der Waals surface area contributed by atoms with E-state index in [1.165, 1.54) is 0 Å². The summed E-state index contributed by atoms with van der Waals surface area (Å²) in [5, 5.41) is 4.00. The van der Waals surface area contributed by atoms with Crippen LogP contribution in [0.25, 0.3) is 32.7 Å². The van der Waals surface area contributed by atoms with Gasteiger partial charge in [0.15, 0.2) is 11.1 Å². The molecule has 1 atom stereocenters. The maximum atomic E-state index is 13.0. The van der Waals surface area contributed by atoms with E-state index in [4.69, 9.17) is 4.74 Å². The summed E-state index contributed by atoms with van der Waals surface area (Å²) >= 11 is 1.41. The van der Waals surface area contributed by atoms with Crippen molar-refractivity contribution >= 4 is 48.6 Å². The SMILES string of the molecule is COc1c(C(C)(C)C)cc2cc(Br)ccc2c1-c1c(S(=O)O)c(C(C)(C)C)cc2ccccc12. The topological polar surface area (TPSA) is 46.5 Å². The molecule has 0 saturated carbocycles. The lowest BCUT2D eigenvalue weighted by Gasteiger charge is -2.29. The van der Waals surface area contributed by atoms with E-state index in [0.717, 1.165) is 54.0 Å². The van der Waals surface area contributed by atoms with Crippen molar-refractivity contribution < 1.29 is 13.5 Å². The van der Waals surface area contributed by atoms with Gasteiger partial charge in [0.25, 0.3) is 0 Å². The van der Waals surface area contributed by atoms with Gasteiger partial charge in [-0.15, -0.1) is 0 Å². The highest BCUT2D eigenvalue weighted by Gasteiger charge is 2.31. The molecular formula is C29H31BrO3S. The second-order valence-corrected chi connectivity index (χ2v) is 12.6. The Kier molecular flexibility index (Phi) is 6.43. The molecule has 0 fully saturated rings. The molecule has 0 heterocycles. The van der Waals surface area contributed by atoms with Crippen LogP contribution < -0.4 is 4.74 Å². The molecule has 34 heavy (non-hydrogen) atoms. The van der Waals surface area contributed by atoms with Crippen LogP contribution in [0.2, 0.25) is 0 Å². The van der Waals surface area contributed by atoms with Crippen LogP contribution in [0.3, 0.4) is 0 Å². The molecule has 0 amide bonds. The van der Waals surface area contributed by atoms with Crippen LogP contribution in [0.4, 0.5) is 0 Å². The normalized spacial score (nSPS) is 13.4. The predicted octanol–water partition coefficient (Wildman–Crippen LogP) is 8.61. The van der Waals surface area contributed by atoms with Gasteiger partial charge in [0, 0.05) is 21.2 Å². The fraction of sp³-hybridized carbons (Fsp3) is 0.310. The van der Waals surface area contributed by atoms with E-state index in [1.54, 1.807) is 7.11 Å². The summed E-state index contributed by atoms with van der Waals surface area (Å²) in [6.07, 6.45) is 0. The van der Waals surface area contributed by atoms with Crippen molar-refractivity contribution in [3.8, 4) is 16.9 Å². The number of ether oxygens (including phenoxy) is 1. The molecular weight excluding hydrogens is 508 g/mol. The summed E-state index contributed by atoms with van der Waals surface area (Å²) in [6.45, 7) is 12.7. The highest BCUT2D eigenvalue weighted by molar-refractivity contribution is 9.10. The molecule has 0 aliphatic rings. The Morgan fingerprint density at radius 3 is 1.97 bits per heavy atom. The molecule has 0 bridgehead atoms. The van der Waals surface area contributed by atoms with Crippen molar-refractivity contribution in [2.75, 3.05) is 7.11 Å². The van der Waals surface area contributed by atoms with E-state index < -0.39 is 11.1 Å². The lowest BCUT2D eigenvalue weighted by molar-refractivity contribution is 0.400. The van der Waals surface area contributed by atoms with E-state index in [2.05, 4.69) is 87.8 Å². The average Bonchev–Trinajstić information content (AvgIpc) is 2.75. The van der Waals surface area contributed by atoms with Gasteiger partial charge < -0.3 is 9.29 Å². The Hall–Kier alpha value is -2.21. The Bertz CT molecular complexity index is 1440. The second-order valence-electron chi connectivity index (χ2n) is 10.8. The standard InChI is InChI=1S/C29H31BrO3S/c1-28(2,3)22-16-18-14-19(30)12-13-21(18)24(26(22)33-7)25-20-11-9-8-10-17(20)15-23(29(4,5)6)27(25)34(31)32/h8-16H,1-7H3,(H,31,32). The number of hydrogen-bond donors (Lipinski definition) is 1. The van der Waals surface area contributed by atoms with Crippen LogP contribution in [-0.2, 0) is 21.9 Å². The fourth-order valence-electron chi connectivity index (χ4n) is 4.69. The fourth-order valence-corrected chi connectivity index (χ4v) is 6.01. The van der Waals surface area contributed by atoms with Gasteiger partial charge in [-0.3, -0.25) is 0 Å². The molecule has 0 aliphatic heterocycles. The summed E-state index contributed by atoms with van der Waals surface area (Å²) in [6, 6.07) is 18.5. The predicted molar refractivity (Wildman–Crippen MR) is 148 cm³/mol. The minimum absolute atomic E-state index is 0.202. The number of benzene rings is 4. The highest BCUT2D eigenvalue weighted by Crippen LogP contribution is 2.50. The van der Waals surface area contributed by atoms with Crippen LogP contribution in [-0.4, -0.2) is 15.9 Å². The Labute approximate surface area is 212 Å². The number of methoxy groups -OCH3 is 1. The zero-order chi connectivity index (χ0) is 25.0. The van der Waals surface area contributed by atoms with Gasteiger partial charge in [-0.05, 0) is 62.2 Å². The van der Waals surface area contributed by atoms with Crippen molar-refractivity contribution in [3.63, 3.8) is 0 Å². The molecule has 5 heteroatoms. The van der Waals surface area contributed by atoms with Crippen molar-refractivity contribution in [3.05, 3.63) is 70.2 Å². The minimum atomic E-state index is -2.21. The number of fused-ring (bicyclic) bond motifs is 2. The molecule has 4 aromatic carbocycles. The van der Waals surface area contributed by atoms with Gasteiger partial charge in [-0.25, -0.2) is 4.21 Å². The van der Waals surface area contributed by atoms with E-state index in [-0.39, 0.29) is 10.8 Å². The van der Waals surface area contributed by atoms with E-state index >= 15 is 0 Å². The summed E-state index contributed by atoms with van der Waals surface area (Å²) in [5.74, 6) is 0.741. The van der Waals surface area contributed by atoms with E-state index in [1.807, 2.05) is 24.3 Å². The smallest absolute Gasteiger partial charge is 0.187 e. The largest absolute Gasteiger partial charge is 0.496 e. The first-order valence-corrected chi connectivity index (χ1v) is 13.2. The third-order valence-corrected chi connectivity index (χ3v) is 7.57. The van der Waals surface area contributed by atoms with E-state index in [0.29, 0.717) is 4.90 Å². The lowest BCUT2D eigenvalue weighted by Crippen LogP contribution is -2.17. The molecule has 178 valence electrons. The molecule has 3 nitrogen and oxygen atoms in total. The summed E-state index contributed by atoms with van der Waals surface area (Å²) in [7, 11) is 1.68. The van der Waals surface area contributed by atoms with Gasteiger partial charge in [0.2, 0.25) is 0 Å². The number of hydrogen-bond acceptors (Lipinski definition) is 2. The summed E-state index contributed by atoms with van der Waals surface area (Å²) in [5.41, 5.74) is 2.99. The van der Waals surface area contributed by atoms with Crippen LogP contribution in [0.15, 0.2) is 64.0 Å². The zero-order valence-corrected chi connectivity index (χ0v) is 23.1. The van der Waals surface area contributed by atoms with Gasteiger partial charge in [-0.2, -0.15) is 0 Å². The molecule has 0 saturated heterocycles. The Balaban J connectivity index is 2.37. The van der Waals surface area contributed by atoms with Crippen LogP contribution in [0.1, 0.15) is 52.7 Å². The van der Waals surface area contributed by atoms with Crippen LogP contribution >= 0.6 is 15.9 Å². The molecule has 0 aromatic heterocycles. The highest BCUT2D eigenvalue weighted by atomic mass is 79.9. The summed E-state index contributed by atoms with van der Waals surface area (Å²) < 4.78 is 30.8. The average molecular weight is 540 g/mol. The van der Waals surface area contributed by atoms with E-state index in [9.17, 15) is 8.76 Å². The molecule has 1 unspecified atom stereocenters. The first kappa shape index (κ1) is 24.9. The van der Waals surface area contributed by atoms with Gasteiger partial charge >= 0.3 is 0 Å². The maximum absolute atomic E-state index is 13.0. The van der Waals surface area contributed by atoms with Gasteiger partial charge in [0.1, 0.15) is 5.75 Å². The van der Waals surface area contributed by atoms with Crippen molar-refractivity contribution in [2.24, 2.45) is 0 Å². The van der Waals surface area contributed by atoms with Crippen LogP contribution in [0.5, 0.6) is 5.75 Å². The Morgan fingerprint density at radius 2 is 1.38 bits per heavy atom. The number of rotatable bonds is 3. The van der Waals surface area contributed by atoms with Crippen molar-refractivity contribution in [1.29, 1.82) is 0 Å². The first-order valence-electron chi connectivity index (χ1n) is 11.3. The number of halogens is 1. The lowest BCUT2D eigenvalue weighted by atomic mass is 9.79. The molecule has 4 aromatic rings. The van der Waals surface area contributed by atoms with Crippen LogP contribution in [0, 0.1) is 0 Å². The minimum Gasteiger partial charge on any atom is -0.496 e. The molecule has 0 spiro atoms. The first-order chi connectivity index (χ1) is 15.8. The van der Waals surface area contributed by atoms with Gasteiger partial charge in [-0.1, -0.05) is 87.8 Å². The third-order valence-electron chi connectivity index (χ3n) is 6.30. The van der Waals surface area contributed by atoms with Crippen molar-refractivity contribution in [2.45, 2.75) is 57.3 Å². The molecule has 4 rings (SSSR count). The zero-order valence-electron chi connectivity index (χ0n) is 20.7. The van der Waals surface area contributed by atoms with Crippen molar-refractivity contribution in [1.82, 2.24) is 0 Å². The molecule has 0 radical (unpaired) electrons. The quantitative estimate of drug-likeness (QED) is 0.265. The maximum Gasteiger partial charge on any atom is 0.187 e.